The maximum atomic E-state index is 5.50. The lowest BCUT2D eigenvalue weighted by Gasteiger charge is -2.18. The summed E-state index contributed by atoms with van der Waals surface area (Å²) in [6.07, 6.45) is 7.73. The lowest BCUT2D eigenvalue weighted by molar-refractivity contribution is 0.288. The summed E-state index contributed by atoms with van der Waals surface area (Å²) in [5, 5.41) is 0. The Morgan fingerprint density at radius 2 is 1.41 bits per heavy atom. The molecule has 4 rings (SSSR count). The van der Waals surface area contributed by atoms with E-state index >= 15 is 0 Å². The maximum absolute atomic E-state index is 5.50. The van der Waals surface area contributed by atoms with Gasteiger partial charge in [-0.1, -0.05) is 30.3 Å². The summed E-state index contributed by atoms with van der Waals surface area (Å²) >= 11 is 0. The van der Waals surface area contributed by atoms with Crippen molar-refractivity contribution in [3.8, 4) is 5.75 Å². The molecular formula is C21H26O. The van der Waals surface area contributed by atoms with Crippen molar-refractivity contribution in [3.05, 3.63) is 64.2 Å². The molecule has 0 aromatic heterocycles. The van der Waals surface area contributed by atoms with Gasteiger partial charge in [0.05, 0.1) is 6.61 Å². The zero-order valence-electron chi connectivity index (χ0n) is 13.8. The van der Waals surface area contributed by atoms with Crippen LogP contribution in [0.1, 0.15) is 47.1 Å². The van der Waals surface area contributed by atoms with Gasteiger partial charge in [0.2, 0.25) is 0 Å². The van der Waals surface area contributed by atoms with Crippen LogP contribution in [-0.2, 0) is 19.3 Å². The molecule has 2 aliphatic rings. The van der Waals surface area contributed by atoms with Gasteiger partial charge in [0.1, 0.15) is 5.75 Å². The van der Waals surface area contributed by atoms with Crippen LogP contribution in [0.4, 0.5) is 0 Å². The molecule has 1 heteroatoms. The molecule has 1 aliphatic heterocycles. The number of hydrogen-bond acceptors (Lipinski definition) is 1. The summed E-state index contributed by atoms with van der Waals surface area (Å²) in [7, 11) is 0. The van der Waals surface area contributed by atoms with Gasteiger partial charge in [-0.15, -0.1) is 0 Å². The SMILES string of the molecule is Cc1cccc2c1CCCC2.Cc1cccc2c1CCCO2. The topological polar surface area (TPSA) is 9.23 Å². The third-order valence-electron chi connectivity index (χ3n) is 4.83. The highest BCUT2D eigenvalue weighted by atomic mass is 16.5. The molecule has 0 bridgehead atoms. The van der Waals surface area contributed by atoms with Crippen molar-refractivity contribution in [3.63, 3.8) is 0 Å². The zero-order valence-corrected chi connectivity index (χ0v) is 13.8. The van der Waals surface area contributed by atoms with Gasteiger partial charge in [-0.2, -0.15) is 0 Å². The van der Waals surface area contributed by atoms with Crippen molar-refractivity contribution in [2.75, 3.05) is 6.61 Å². The molecule has 2 aromatic carbocycles. The standard InChI is InChI=1S/C11H14.C10H12O/c1-9-5-4-7-10-6-2-3-8-11(9)10;1-8-4-2-6-10-9(8)5-3-7-11-10/h4-5,7H,2-3,6,8H2,1H3;2,4,6H,3,5,7H2,1H3. The Hall–Kier alpha value is -1.76. The number of rotatable bonds is 0. The van der Waals surface area contributed by atoms with Crippen LogP contribution in [0.3, 0.4) is 0 Å². The number of ether oxygens (including phenoxy) is 1. The first-order valence-corrected chi connectivity index (χ1v) is 8.54. The Labute approximate surface area is 134 Å². The number of fused-ring (bicyclic) bond motifs is 2. The van der Waals surface area contributed by atoms with Gasteiger partial charge in [-0.3, -0.25) is 0 Å². The molecule has 1 nitrogen and oxygen atoms in total. The highest BCUT2D eigenvalue weighted by Gasteiger charge is 2.11. The molecule has 0 N–H and O–H groups in total. The van der Waals surface area contributed by atoms with E-state index in [1.165, 1.54) is 48.8 Å². The van der Waals surface area contributed by atoms with Gasteiger partial charge < -0.3 is 4.74 Å². The van der Waals surface area contributed by atoms with Crippen LogP contribution >= 0.6 is 0 Å². The van der Waals surface area contributed by atoms with Crippen LogP contribution < -0.4 is 4.74 Å². The molecule has 0 fully saturated rings. The highest BCUT2D eigenvalue weighted by molar-refractivity contribution is 5.40. The Morgan fingerprint density at radius 1 is 0.727 bits per heavy atom. The number of benzene rings is 2. The molecule has 0 amide bonds. The molecule has 2 aromatic rings. The number of aryl methyl sites for hydroxylation is 3. The Balaban J connectivity index is 0.000000131. The van der Waals surface area contributed by atoms with Crippen molar-refractivity contribution >= 4 is 0 Å². The van der Waals surface area contributed by atoms with E-state index in [-0.39, 0.29) is 0 Å². The normalized spacial score (nSPS) is 15.7. The maximum Gasteiger partial charge on any atom is 0.122 e. The van der Waals surface area contributed by atoms with Crippen LogP contribution in [0, 0.1) is 13.8 Å². The predicted molar refractivity (Wildman–Crippen MR) is 92.8 cm³/mol. The smallest absolute Gasteiger partial charge is 0.122 e. The van der Waals surface area contributed by atoms with Gasteiger partial charge in [-0.25, -0.2) is 0 Å². The molecule has 22 heavy (non-hydrogen) atoms. The van der Waals surface area contributed by atoms with Crippen molar-refractivity contribution in [1.82, 2.24) is 0 Å². The molecular weight excluding hydrogens is 268 g/mol. The summed E-state index contributed by atoms with van der Waals surface area (Å²) in [4.78, 5) is 0. The summed E-state index contributed by atoms with van der Waals surface area (Å²) in [6.45, 7) is 5.26. The summed E-state index contributed by atoms with van der Waals surface area (Å²) in [5.74, 6) is 1.09. The van der Waals surface area contributed by atoms with E-state index in [0.717, 1.165) is 18.8 Å². The van der Waals surface area contributed by atoms with Crippen LogP contribution in [0.15, 0.2) is 36.4 Å². The second-order valence-corrected chi connectivity index (χ2v) is 6.42. The molecule has 0 radical (unpaired) electrons. The van der Waals surface area contributed by atoms with E-state index in [9.17, 15) is 0 Å². The van der Waals surface area contributed by atoms with E-state index in [0.29, 0.717) is 0 Å². The second-order valence-electron chi connectivity index (χ2n) is 6.42. The first-order chi connectivity index (χ1) is 10.8. The molecule has 0 atom stereocenters. The van der Waals surface area contributed by atoms with E-state index in [4.69, 9.17) is 4.74 Å². The summed E-state index contributed by atoms with van der Waals surface area (Å²) in [6, 6.07) is 12.9. The number of hydrogen-bond donors (Lipinski definition) is 0. The first kappa shape index (κ1) is 15.1. The van der Waals surface area contributed by atoms with Gasteiger partial charge in [0.25, 0.3) is 0 Å². The van der Waals surface area contributed by atoms with Gasteiger partial charge in [0, 0.05) is 0 Å². The van der Waals surface area contributed by atoms with E-state index in [1.54, 1.807) is 11.1 Å². The third-order valence-corrected chi connectivity index (χ3v) is 4.83. The van der Waals surface area contributed by atoms with Crippen molar-refractivity contribution < 1.29 is 4.74 Å². The molecule has 1 aliphatic carbocycles. The van der Waals surface area contributed by atoms with Crippen molar-refractivity contribution in [2.45, 2.75) is 52.4 Å². The fourth-order valence-corrected chi connectivity index (χ4v) is 3.53. The van der Waals surface area contributed by atoms with E-state index in [2.05, 4.69) is 50.2 Å². The van der Waals surface area contributed by atoms with E-state index in [1.807, 2.05) is 0 Å². The first-order valence-electron chi connectivity index (χ1n) is 8.54. The van der Waals surface area contributed by atoms with Gasteiger partial charge >= 0.3 is 0 Å². The van der Waals surface area contributed by atoms with E-state index < -0.39 is 0 Å². The molecule has 0 spiro atoms. The zero-order chi connectivity index (χ0) is 15.4. The molecule has 0 unspecified atom stereocenters. The lowest BCUT2D eigenvalue weighted by atomic mass is 9.89. The molecule has 1 heterocycles. The minimum absolute atomic E-state index is 0.885. The minimum Gasteiger partial charge on any atom is -0.493 e. The minimum atomic E-state index is 0.885. The highest BCUT2D eigenvalue weighted by Crippen LogP contribution is 2.26. The van der Waals surface area contributed by atoms with Crippen LogP contribution in [0.25, 0.3) is 0 Å². The van der Waals surface area contributed by atoms with Crippen LogP contribution in [0.2, 0.25) is 0 Å². The lowest BCUT2D eigenvalue weighted by Crippen LogP contribution is -2.09. The third kappa shape index (κ3) is 3.35. The van der Waals surface area contributed by atoms with Gasteiger partial charge in [-0.05, 0) is 86.3 Å². The largest absolute Gasteiger partial charge is 0.493 e. The fraction of sp³-hybridized carbons (Fsp3) is 0.429. The second kappa shape index (κ2) is 7.00. The quantitative estimate of drug-likeness (QED) is 0.649. The predicted octanol–water partition coefficient (Wildman–Crippen LogP) is 5.19. The van der Waals surface area contributed by atoms with Gasteiger partial charge in [0.15, 0.2) is 0 Å². The van der Waals surface area contributed by atoms with Crippen molar-refractivity contribution in [1.29, 1.82) is 0 Å². The summed E-state index contributed by atoms with van der Waals surface area (Å²) < 4.78 is 5.50. The molecule has 0 saturated heterocycles. The summed E-state index contributed by atoms with van der Waals surface area (Å²) in [5.41, 5.74) is 7.47. The monoisotopic (exact) mass is 294 g/mol. The Morgan fingerprint density at radius 3 is 2.18 bits per heavy atom. The average Bonchev–Trinajstić information content (AvgIpc) is 2.57. The molecule has 116 valence electrons. The van der Waals surface area contributed by atoms with Crippen molar-refractivity contribution in [2.24, 2.45) is 0 Å². The fourth-order valence-electron chi connectivity index (χ4n) is 3.53. The van der Waals surface area contributed by atoms with Crippen LogP contribution in [-0.4, -0.2) is 6.61 Å². The van der Waals surface area contributed by atoms with Crippen LogP contribution in [0.5, 0.6) is 5.75 Å². The Kier molecular flexibility index (Phi) is 4.82. The Bertz CT molecular complexity index is 585. The molecule has 0 saturated carbocycles. The average molecular weight is 294 g/mol.